The molecule has 1 amide bonds. The number of carboxylic acids is 1. The molecular weight excluding hydrogens is 434 g/mol. The van der Waals surface area contributed by atoms with Crippen LogP contribution in [0.4, 0.5) is 17.5 Å². The molecule has 2 aromatic heterocycles. The Labute approximate surface area is 195 Å². The van der Waals surface area contributed by atoms with E-state index in [9.17, 15) is 14.9 Å². The number of rotatable bonds is 8. The number of pyridine rings is 1. The second-order valence-corrected chi connectivity index (χ2v) is 7.80. The smallest absolute Gasteiger partial charge is 0.303 e. The molecule has 170 valence electrons. The molecule has 0 radical (unpaired) electrons. The maximum Gasteiger partial charge on any atom is 0.303 e. The first-order valence-corrected chi connectivity index (χ1v) is 10.5. The lowest BCUT2D eigenvalue weighted by atomic mass is 10.00. The maximum absolute atomic E-state index is 12.5. The van der Waals surface area contributed by atoms with Crippen molar-refractivity contribution in [2.24, 2.45) is 0 Å². The molecule has 2 heterocycles. The highest BCUT2D eigenvalue weighted by atomic mass is 16.4. The van der Waals surface area contributed by atoms with Gasteiger partial charge in [0.15, 0.2) is 5.58 Å². The molecule has 0 aliphatic carbocycles. The van der Waals surface area contributed by atoms with Crippen LogP contribution in [-0.4, -0.2) is 27.0 Å². The summed E-state index contributed by atoms with van der Waals surface area (Å²) in [5.41, 5.74) is 3.72. The van der Waals surface area contributed by atoms with Crippen molar-refractivity contribution in [3.8, 4) is 6.07 Å². The van der Waals surface area contributed by atoms with E-state index in [-0.39, 0.29) is 30.7 Å². The molecule has 0 fully saturated rings. The molecule has 2 aromatic carbocycles. The van der Waals surface area contributed by atoms with Gasteiger partial charge in [0.05, 0.1) is 24.1 Å². The minimum atomic E-state index is -0.872. The van der Waals surface area contributed by atoms with E-state index >= 15 is 0 Å². The van der Waals surface area contributed by atoms with Gasteiger partial charge in [-0.25, -0.2) is 4.98 Å². The zero-order chi connectivity index (χ0) is 24.1. The van der Waals surface area contributed by atoms with Crippen molar-refractivity contribution in [1.82, 2.24) is 9.97 Å². The number of nitrogens with zero attached hydrogens (tertiary/aromatic N) is 3. The number of nitrogens with one attached hydrogen (secondary N) is 2. The predicted molar refractivity (Wildman–Crippen MR) is 126 cm³/mol. The van der Waals surface area contributed by atoms with Crippen LogP contribution in [0, 0.1) is 11.3 Å². The third-order valence-corrected chi connectivity index (χ3v) is 5.21. The van der Waals surface area contributed by atoms with Crippen molar-refractivity contribution < 1.29 is 19.1 Å². The standard InChI is InChI=1S/C25H21N5O4/c1-15(10-24(32)33)18-7-9-22(27-14-18)30-23(31)12-16-6-8-20-21(11-16)34-25(29-20)28-19-5-3-2-4-17(19)13-26/h2-9,11,14-15H,10,12H2,1H3,(H,28,29)(H,32,33)(H,27,30,31). The van der Waals surface area contributed by atoms with Crippen molar-refractivity contribution in [3.63, 3.8) is 0 Å². The van der Waals surface area contributed by atoms with Crippen molar-refractivity contribution in [2.45, 2.75) is 25.7 Å². The number of hydrogen-bond donors (Lipinski definition) is 3. The SMILES string of the molecule is CC(CC(=O)O)c1ccc(NC(=O)Cc2ccc3nc(Nc4ccccc4C#N)oc3c2)nc1. The Kier molecular flexibility index (Phi) is 6.50. The van der Waals surface area contributed by atoms with Crippen LogP contribution in [0.3, 0.4) is 0 Å². The number of benzene rings is 2. The van der Waals surface area contributed by atoms with Crippen LogP contribution >= 0.6 is 0 Å². The van der Waals surface area contributed by atoms with E-state index in [2.05, 4.69) is 26.7 Å². The third-order valence-electron chi connectivity index (χ3n) is 5.21. The second-order valence-electron chi connectivity index (χ2n) is 7.80. The molecule has 3 N–H and O–H groups in total. The first-order chi connectivity index (χ1) is 16.4. The van der Waals surface area contributed by atoms with E-state index in [1.54, 1.807) is 54.7 Å². The number of anilines is 3. The fourth-order valence-electron chi connectivity index (χ4n) is 3.46. The highest BCUT2D eigenvalue weighted by Gasteiger charge is 2.13. The zero-order valence-corrected chi connectivity index (χ0v) is 18.3. The summed E-state index contributed by atoms with van der Waals surface area (Å²) in [6.45, 7) is 1.81. The topological polar surface area (TPSA) is 141 Å². The number of aliphatic carboxylic acids is 1. The molecule has 4 aromatic rings. The van der Waals surface area contributed by atoms with Gasteiger partial charge in [0.1, 0.15) is 17.4 Å². The normalized spacial score (nSPS) is 11.5. The largest absolute Gasteiger partial charge is 0.481 e. The van der Waals surface area contributed by atoms with E-state index < -0.39 is 5.97 Å². The number of para-hydroxylation sites is 1. The molecule has 1 unspecified atom stereocenters. The van der Waals surface area contributed by atoms with Gasteiger partial charge in [-0.15, -0.1) is 0 Å². The van der Waals surface area contributed by atoms with Gasteiger partial charge in [0.25, 0.3) is 6.01 Å². The van der Waals surface area contributed by atoms with Crippen LogP contribution < -0.4 is 10.6 Å². The summed E-state index contributed by atoms with van der Waals surface area (Å²) in [7, 11) is 0. The lowest BCUT2D eigenvalue weighted by Gasteiger charge is -2.10. The van der Waals surface area contributed by atoms with Gasteiger partial charge in [-0.1, -0.05) is 31.2 Å². The Hall–Kier alpha value is -4.71. The van der Waals surface area contributed by atoms with Gasteiger partial charge in [0, 0.05) is 6.20 Å². The predicted octanol–water partition coefficient (Wildman–Crippen LogP) is 4.60. The van der Waals surface area contributed by atoms with Crippen molar-refractivity contribution in [2.75, 3.05) is 10.6 Å². The molecular formula is C25H21N5O4. The summed E-state index contributed by atoms with van der Waals surface area (Å²) in [5, 5.41) is 23.9. The molecule has 1 atom stereocenters. The Morgan fingerprint density at radius 1 is 1.18 bits per heavy atom. The first kappa shape index (κ1) is 22.5. The fraction of sp³-hybridized carbons (Fsp3) is 0.160. The molecule has 0 aliphatic heterocycles. The average molecular weight is 455 g/mol. The lowest BCUT2D eigenvalue weighted by Crippen LogP contribution is -2.15. The Balaban J connectivity index is 1.40. The molecule has 34 heavy (non-hydrogen) atoms. The quantitative estimate of drug-likeness (QED) is 0.350. The number of carboxylic acid groups (broad SMARTS) is 1. The van der Waals surface area contributed by atoms with Gasteiger partial charge in [0.2, 0.25) is 5.91 Å². The molecule has 0 aliphatic rings. The number of carbonyl (C=O) groups excluding carboxylic acids is 1. The minimum Gasteiger partial charge on any atom is -0.481 e. The highest BCUT2D eigenvalue weighted by molar-refractivity contribution is 5.92. The van der Waals surface area contributed by atoms with Gasteiger partial charge in [-0.3, -0.25) is 9.59 Å². The Morgan fingerprint density at radius 2 is 2.00 bits per heavy atom. The van der Waals surface area contributed by atoms with E-state index in [1.165, 1.54) is 0 Å². The third kappa shape index (κ3) is 5.37. The van der Waals surface area contributed by atoms with Gasteiger partial charge in [-0.05, 0) is 47.4 Å². The van der Waals surface area contributed by atoms with E-state index in [0.29, 0.717) is 28.2 Å². The highest BCUT2D eigenvalue weighted by Crippen LogP contribution is 2.25. The number of amides is 1. The van der Waals surface area contributed by atoms with Crippen molar-refractivity contribution in [3.05, 3.63) is 77.5 Å². The van der Waals surface area contributed by atoms with Crippen LogP contribution in [0.2, 0.25) is 0 Å². The molecule has 0 saturated carbocycles. The number of nitriles is 1. The zero-order valence-electron chi connectivity index (χ0n) is 18.3. The number of oxazole rings is 1. The van der Waals surface area contributed by atoms with E-state index in [1.807, 2.05) is 13.0 Å². The summed E-state index contributed by atoms with van der Waals surface area (Å²) in [5.74, 6) is -0.904. The Bertz CT molecular complexity index is 1390. The van der Waals surface area contributed by atoms with Gasteiger partial charge in [-0.2, -0.15) is 10.2 Å². The van der Waals surface area contributed by atoms with Crippen LogP contribution in [0.5, 0.6) is 0 Å². The average Bonchev–Trinajstić information content (AvgIpc) is 3.21. The summed E-state index contributed by atoms with van der Waals surface area (Å²) >= 11 is 0. The lowest BCUT2D eigenvalue weighted by molar-refractivity contribution is -0.137. The maximum atomic E-state index is 12.5. The van der Waals surface area contributed by atoms with Crippen LogP contribution in [-0.2, 0) is 16.0 Å². The molecule has 0 spiro atoms. The van der Waals surface area contributed by atoms with Gasteiger partial charge >= 0.3 is 5.97 Å². The molecule has 4 rings (SSSR count). The number of fused-ring (bicyclic) bond motifs is 1. The van der Waals surface area contributed by atoms with Crippen LogP contribution in [0.1, 0.15) is 36.0 Å². The second kappa shape index (κ2) is 9.83. The molecule has 9 heteroatoms. The van der Waals surface area contributed by atoms with Crippen LogP contribution in [0.15, 0.2) is 65.2 Å². The van der Waals surface area contributed by atoms with Crippen molar-refractivity contribution in [1.29, 1.82) is 5.26 Å². The molecule has 9 nitrogen and oxygen atoms in total. The van der Waals surface area contributed by atoms with Crippen LogP contribution in [0.25, 0.3) is 11.1 Å². The summed E-state index contributed by atoms with van der Waals surface area (Å²) in [6.07, 6.45) is 1.69. The summed E-state index contributed by atoms with van der Waals surface area (Å²) in [4.78, 5) is 31.9. The summed E-state index contributed by atoms with van der Waals surface area (Å²) in [6, 6.07) is 18.1. The molecule has 0 bridgehead atoms. The van der Waals surface area contributed by atoms with E-state index in [4.69, 9.17) is 9.52 Å². The van der Waals surface area contributed by atoms with Crippen molar-refractivity contribution >= 4 is 40.5 Å². The number of aromatic nitrogens is 2. The Morgan fingerprint density at radius 3 is 2.74 bits per heavy atom. The van der Waals surface area contributed by atoms with E-state index in [0.717, 1.165) is 11.1 Å². The monoisotopic (exact) mass is 455 g/mol. The minimum absolute atomic E-state index is 0.0135. The summed E-state index contributed by atoms with van der Waals surface area (Å²) < 4.78 is 5.76. The first-order valence-electron chi connectivity index (χ1n) is 10.5. The van der Waals surface area contributed by atoms with Gasteiger partial charge < -0.3 is 20.2 Å². The molecule has 0 saturated heterocycles. The number of hydrogen-bond acceptors (Lipinski definition) is 7. The fourth-order valence-corrected chi connectivity index (χ4v) is 3.46. The number of carbonyl (C=O) groups is 2.